The minimum atomic E-state index is 0.973. The summed E-state index contributed by atoms with van der Waals surface area (Å²) < 4.78 is 0. The van der Waals surface area contributed by atoms with Crippen LogP contribution in [0.1, 0.15) is 81.4 Å². The van der Waals surface area contributed by atoms with Crippen LogP contribution < -0.4 is 0 Å². The van der Waals surface area contributed by atoms with Gasteiger partial charge in [-0.25, -0.2) is 0 Å². The number of hydrogen-bond acceptors (Lipinski definition) is 0. The molecule has 0 unspecified atom stereocenters. The van der Waals surface area contributed by atoms with E-state index in [1.165, 1.54) is 75.3 Å². The Hall–Kier alpha value is 0.180. The molecule has 0 fully saturated rings. The van der Waals surface area contributed by atoms with E-state index in [9.17, 15) is 0 Å². The number of unbranched alkanes of at least 4 members (excludes halogenated alkanes) is 8. The second kappa shape index (κ2) is 12.7. The van der Waals surface area contributed by atoms with E-state index in [4.69, 9.17) is 0 Å². The monoisotopic (exact) mass is 416 g/mol. The minimum absolute atomic E-state index is 0.973. The first-order valence-electron chi connectivity index (χ1n) is 8.55. The molecular weight excluding hydrogens is 388 g/mol. The van der Waals surface area contributed by atoms with Gasteiger partial charge in [0.05, 0.1) is 0 Å². The van der Waals surface area contributed by atoms with Crippen molar-refractivity contribution < 1.29 is 0 Å². The van der Waals surface area contributed by atoms with E-state index in [1.807, 2.05) is 0 Å². The predicted octanol–water partition coefficient (Wildman–Crippen LogP) is 7.55. The smallest absolute Gasteiger partial charge is 0.0285 e. The van der Waals surface area contributed by atoms with Crippen LogP contribution in [0.15, 0.2) is 18.2 Å². The zero-order valence-electron chi connectivity index (χ0n) is 13.5. The molecule has 21 heavy (non-hydrogen) atoms. The summed E-state index contributed by atoms with van der Waals surface area (Å²) in [7, 11) is 0. The van der Waals surface area contributed by atoms with Crippen LogP contribution in [0.25, 0.3) is 0 Å². The fourth-order valence-electron chi connectivity index (χ4n) is 2.87. The first-order valence-corrected chi connectivity index (χ1v) is 10.8. The van der Waals surface area contributed by atoms with E-state index in [2.05, 4.69) is 57.0 Å². The van der Waals surface area contributed by atoms with Gasteiger partial charge in [-0.1, -0.05) is 108 Å². The van der Waals surface area contributed by atoms with Gasteiger partial charge >= 0.3 is 0 Å². The van der Waals surface area contributed by atoms with E-state index in [1.54, 1.807) is 5.56 Å². The molecule has 0 aliphatic heterocycles. The van der Waals surface area contributed by atoms with Gasteiger partial charge in [-0.15, -0.1) is 0 Å². The van der Waals surface area contributed by atoms with Crippen molar-refractivity contribution in [2.75, 3.05) is 0 Å². The summed E-state index contributed by atoms with van der Waals surface area (Å²) >= 11 is 7.24. The van der Waals surface area contributed by atoms with E-state index < -0.39 is 0 Å². The summed E-state index contributed by atoms with van der Waals surface area (Å²) in [5.41, 5.74) is 4.49. The normalized spacial score (nSPS) is 11.0. The number of benzene rings is 1. The third-order valence-electron chi connectivity index (χ3n) is 4.19. The molecule has 0 atom stereocenters. The van der Waals surface area contributed by atoms with Crippen molar-refractivity contribution in [2.24, 2.45) is 0 Å². The maximum absolute atomic E-state index is 3.62. The molecule has 120 valence electrons. The molecule has 1 rings (SSSR count). The molecule has 0 N–H and O–H groups in total. The van der Waals surface area contributed by atoms with Gasteiger partial charge in [0.25, 0.3) is 0 Å². The van der Waals surface area contributed by atoms with Crippen LogP contribution in [0.3, 0.4) is 0 Å². The number of hydrogen-bond donors (Lipinski definition) is 0. The fraction of sp³-hybridized carbons (Fsp3) is 0.684. The number of alkyl halides is 2. The van der Waals surface area contributed by atoms with Crippen molar-refractivity contribution in [1.82, 2.24) is 0 Å². The first-order chi connectivity index (χ1) is 10.3. The molecular formula is C19H30Br2. The minimum Gasteiger partial charge on any atom is -0.0876 e. The van der Waals surface area contributed by atoms with Crippen molar-refractivity contribution in [3.63, 3.8) is 0 Å². The molecule has 0 saturated heterocycles. The van der Waals surface area contributed by atoms with Crippen LogP contribution in [0, 0.1) is 0 Å². The third-order valence-corrected chi connectivity index (χ3v) is 5.40. The predicted molar refractivity (Wildman–Crippen MR) is 103 cm³/mol. The van der Waals surface area contributed by atoms with Crippen molar-refractivity contribution in [3.05, 3.63) is 34.9 Å². The highest BCUT2D eigenvalue weighted by molar-refractivity contribution is 9.08. The summed E-state index contributed by atoms with van der Waals surface area (Å²) in [6.45, 7) is 2.28. The largest absolute Gasteiger partial charge is 0.0876 e. The standard InChI is InChI=1S/C19H30Br2/c1-2-3-4-5-6-7-8-9-10-14-19-17(15-20)12-11-13-18(19)16-21/h11-13H,2-10,14-16H2,1H3. The lowest BCUT2D eigenvalue weighted by atomic mass is 9.97. The lowest BCUT2D eigenvalue weighted by Gasteiger charge is -2.12. The second-order valence-corrected chi connectivity index (χ2v) is 7.02. The molecule has 0 saturated carbocycles. The SMILES string of the molecule is CCCCCCCCCCCc1c(CBr)cccc1CBr. The maximum Gasteiger partial charge on any atom is 0.0285 e. The Morgan fingerprint density at radius 1 is 0.714 bits per heavy atom. The Balaban J connectivity index is 2.20. The van der Waals surface area contributed by atoms with Gasteiger partial charge in [-0.3, -0.25) is 0 Å². The van der Waals surface area contributed by atoms with Crippen LogP contribution in [-0.4, -0.2) is 0 Å². The molecule has 0 radical (unpaired) electrons. The third kappa shape index (κ3) is 7.83. The van der Waals surface area contributed by atoms with Gasteiger partial charge in [0.15, 0.2) is 0 Å². The highest BCUT2D eigenvalue weighted by Crippen LogP contribution is 2.22. The van der Waals surface area contributed by atoms with Crippen LogP contribution in [0.2, 0.25) is 0 Å². The van der Waals surface area contributed by atoms with Crippen molar-refractivity contribution in [2.45, 2.75) is 81.8 Å². The molecule has 0 aliphatic rings. The quantitative estimate of drug-likeness (QED) is 0.243. The van der Waals surface area contributed by atoms with Gasteiger partial charge in [0, 0.05) is 10.7 Å². The summed E-state index contributed by atoms with van der Waals surface area (Å²) in [6, 6.07) is 6.68. The van der Waals surface area contributed by atoms with Gasteiger partial charge in [-0.2, -0.15) is 0 Å². The van der Waals surface area contributed by atoms with Gasteiger partial charge in [0.1, 0.15) is 0 Å². The van der Waals surface area contributed by atoms with Crippen molar-refractivity contribution in [1.29, 1.82) is 0 Å². The Labute approximate surface area is 148 Å². The Kier molecular flexibility index (Phi) is 11.6. The second-order valence-electron chi connectivity index (χ2n) is 5.90. The van der Waals surface area contributed by atoms with Crippen LogP contribution in [0.5, 0.6) is 0 Å². The molecule has 2 heteroatoms. The molecule has 0 bridgehead atoms. The molecule has 0 heterocycles. The zero-order chi connectivity index (χ0) is 15.3. The Morgan fingerprint density at radius 3 is 1.67 bits per heavy atom. The number of rotatable bonds is 12. The Bertz CT molecular complexity index is 352. The zero-order valence-corrected chi connectivity index (χ0v) is 16.6. The topological polar surface area (TPSA) is 0 Å². The summed E-state index contributed by atoms with van der Waals surface area (Å²) in [6.07, 6.45) is 13.9. The first kappa shape index (κ1) is 19.2. The highest BCUT2D eigenvalue weighted by Gasteiger charge is 2.06. The van der Waals surface area contributed by atoms with Crippen molar-refractivity contribution in [3.8, 4) is 0 Å². The van der Waals surface area contributed by atoms with Crippen molar-refractivity contribution >= 4 is 31.9 Å². The fourth-order valence-corrected chi connectivity index (χ4v) is 3.92. The van der Waals surface area contributed by atoms with Crippen LogP contribution in [0.4, 0.5) is 0 Å². The molecule has 0 amide bonds. The molecule has 0 spiro atoms. The Morgan fingerprint density at radius 2 is 1.19 bits per heavy atom. The van der Waals surface area contributed by atoms with Gasteiger partial charge in [0.2, 0.25) is 0 Å². The summed E-state index contributed by atoms with van der Waals surface area (Å²) in [4.78, 5) is 0. The van der Waals surface area contributed by atoms with E-state index in [-0.39, 0.29) is 0 Å². The summed E-state index contributed by atoms with van der Waals surface area (Å²) in [5.74, 6) is 0. The van der Waals surface area contributed by atoms with E-state index >= 15 is 0 Å². The van der Waals surface area contributed by atoms with Gasteiger partial charge < -0.3 is 0 Å². The molecule has 0 nitrogen and oxygen atoms in total. The van der Waals surface area contributed by atoms with Gasteiger partial charge in [-0.05, 0) is 29.5 Å². The highest BCUT2D eigenvalue weighted by atomic mass is 79.9. The van der Waals surface area contributed by atoms with Crippen LogP contribution >= 0.6 is 31.9 Å². The lowest BCUT2D eigenvalue weighted by Crippen LogP contribution is -1.97. The van der Waals surface area contributed by atoms with E-state index in [0.717, 1.165) is 10.7 Å². The molecule has 0 aliphatic carbocycles. The van der Waals surface area contributed by atoms with Crippen LogP contribution in [-0.2, 0) is 17.1 Å². The van der Waals surface area contributed by atoms with E-state index in [0.29, 0.717) is 0 Å². The molecule has 0 aromatic heterocycles. The molecule has 1 aromatic carbocycles. The average molecular weight is 418 g/mol. The lowest BCUT2D eigenvalue weighted by molar-refractivity contribution is 0.564. The summed E-state index contributed by atoms with van der Waals surface area (Å²) in [5, 5.41) is 1.95. The maximum atomic E-state index is 3.62. The average Bonchev–Trinajstić information content (AvgIpc) is 2.53. The number of halogens is 2. The molecule has 1 aromatic rings.